The zero-order valence-corrected chi connectivity index (χ0v) is 14.3. The van der Waals surface area contributed by atoms with Gasteiger partial charge in [0.25, 0.3) is 15.7 Å². The average molecular weight is 346 g/mol. The highest BCUT2D eigenvalue weighted by Crippen LogP contribution is 2.35. The lowest BCUT2D eigenvalue weighted by atomic mass is 10.0. The minimum absolute atomic E-state index is 0.100. The van der Waals surface area contributed by atoms with Crippen molar-refractivity contribution in [1.29, 1.82) is 0 Å². The molecule has 1 aliphatic heterocycles. The van der Waals surface area contributed by atoms with E-state index in [0.717, 1.165) is 11.1 Å². The van der Waals surface area contributed by atoms with Crippen molar-refractivity contribution < 1.29 is 13.3 Å². The van der Waals surface area contributed by atoms with Crippen molar-refractivity contribution in [3.05, 3.63) is 63.2 Å². The molecule has 0 saturated carbocycles. The maximum atomic E-state index is 13.1. The van der Waals surface area contributed by atoms with Crippen molar-refractivity contribution in [2.75, 3.05) is 10.8 Å². The molecule has 1 aliphatic rings. The molecule has 0 spiro atoms. The number of benzene rings is 2. The Balaban J connectivity index is 2.14. The van der Waals surface area contributed by atoms with E-state index in [9.17, 15) is 18.5 Å². The van der Waals surface area contributed by atoms with Crippen LogP contribution >= 0.6 is 0 Å². The number of hydrogen-bond acceptors (Lipinski definition) is 4. The molecular formula is C17H18N2O4S. The van der Waals surface area contributed by atoms with Crippen LogP contribution in [0.15, 0.2) is 41.3 Å². The average Bonchev–Trinajstić information content (AvgIpc) is 2.53. The lowest BCUT2D eigenvalue weighted by Crippen LogP contribution is -2.35. The number of nitro groups is 1. The number of fused-ring (bicyclic) bond motifs is 1. The number of nitro benzene ring substituents is 1. The van der Waals surface area contributed by atoms with Gasteiger partial charge in [-0.2, -0.15) is 0 Å². The van der Waals surface area contributed by atoms with Gasteiger partial charge in [-0.15, -0.1) is 0 Å². The Hall–Kier alpha value is -2.41. The summed E-state index contributed by atoms with van der Waals surface area (Å²) >= 11 is 0. The van der Waals surface area contributed by atoms with E-state index >= 15 is 0 Å². The predicted molar refractivity (Wildman–Crippen MR) is 91.9 cm³/mol. The molecule has 0 unspecified atom stereocenters. The molecule has 0 aromatic heterocycles. The first-order chi connectivity index (χ1) is 11.3. The van der Waals surface area contributed by atoms with Gasteiger partial charge in [0.05, 0.1) is 15.5 Å². The third-order valence-electron chi connectivity index (χ3n) is 4.25. The molecule has 2 aromatic rings. The summed E-state index contributed by atoms with van der Waals surface area (Å²) in [6.45, 7) is 3.99. The van der Waals surface area contributed by atoms with Gasteiger partial charge in [0.1, 0.15) is 0 Å². The molecule has 24 heavy (non-hydrogen) atoms. The van der Waals surface area contributed by atoms with Crippen molar-refractivity contribution in [3.63, 3.8) is 0 Å². The van der Waals surface area contributed by atoms with E-state index < -0.39 is 14.9 Å². The smallest absolute Gasteiger partial charge is 0.266 e. The molecule has 3 rings (SSSR count). The van der Waals surface area contributed by atoms with Crippen LogP contribution in [-0.2, 0) is 16.4 Å². The molecule has 6 nitrogen and oxygen atoms in total. The first-order valence-electron chi connectivity index (χ1n) is 7.68. The Bertz CT molecular complexity index is 922. The van der Waals surface area contributed by atoms with Gasteiger partial charge in [0, 0.05) is 18.7 Å². The molecule has 0 N–H and O–H groups in total. The molecule has 0 saturated heterocycles. The van der Waals surface area contributed by atoms with Gasteiger partial charge >= 0.3 is 0 Å². The van der Waals surface area contributed by atoms with Crippen LogP contribution in [0.5, 0.6) is 0 Å². The Labute approximate surface area is 140 Å². The molecule has 7 heteroatoms. The largest absolute Gasteiger partial charge is 0.271 e. The molecule has 2 aromatic carbocycles. The summed E-state index contributed by atoms with van der Waals surface area (Å²) in [6.07, 6.45) is 1.40. The molecule has 0 atom stereocenters. The maximum absolute atomic E-state index is 13.1. The topological polar surface area (TPSA) is 80.5 Å². The summed E-state index contributed by atoms with van der Waals surface area (Å²) in [7, 11) is -3.75. The highest BCUT2D eigenvalue weighted by Gasteiger charge is 2.31. The lowest BCUT2D eigenvalue weighted by molar-refractivity contribution is -0.384. The summed E-state index contributed by atoms with van der Waals surface area (Å²) in [5.74, 6) is 0. The van der Waals surface area contributed by atoms with Gasteiger partial charge in [-0.05, 0) is 43.9 Å². The highest BCUT2D eigenvalue weighted by atomic mass is 32.2. The van der Waals surface area contributed by atoms with Crippen molar-refractivity contribution in [2.45, 2.75) is 31.6 Å². The van der Waals surface area contributed by atoms with Crippen LogP contribution in [0.3, 0.4) is 0 Å². The van der Waals surface area contributed by atoms with Gasteiger partial charge in [-0.3, -0.25) is 14.4 Å². The normalized spacial score (nSPS) is 14.3. The zero-order valence-electron chi connectivity index (χ0n) is 13.5. The number of rotatable bonds is 3. The fourth-order valence-electron chi connectivity index (χ4n) is 3.10. The summed E-state index contributed by atoms with van der Waals surface area (Å²) < 4.78 is 27.5. The van der Waals surface area contributed by atoms with E-state index in [1.54, 1.807) is 25.1 Å². The molecule has 1 heterocycles. The highest BCUT2D eigenvalue weighted by molar-refractivity contribution is 7.92. The number of hydrogen-bond donors (Lipinski definition) is 0. The van der Waals surface area contributed by atoms with E-state index in [2.05, 4.69) is 0 Å². The Morgan fingerprint density at radius 1 is 1.12 bits per heavy atom. The van der Waals surface area contributed by atoms with Crippen LogP contribution in [0.4, 0.5) is 11.4 Å². The minimum atomic E-state index is -3.75. The van der Waals surface area contributed by atoms with E-state index in [4.69, 9.17) is 0 Å². The van der Waals surface area contributed by atoms with Gasteiger partial charge < -0.3 is 0 Å². The number of anilines is 1. The fourth-order valence-corrected chi connectivity index (χ4v) is 4.84. The van der Waals surface area contributed by atoms with E-state index in [1.165, 1.54) is 16.4 Å². The molecule has 0 fully saturated rings. The van der Waals surface area contributed by atoms with E-state index in [0.29, 0.717) is 30.6 Å². The van der Waals surface area contributed by atoms with E-state index in [1.807, 2.05) is 13.0 Å². The van der Waals surface area contributed by atoms with Crippen LogP contribution in [0.25, 0.3) is 0 Å². The van der Waals surface area contributed by atoms with Crippen molar-refractivity contribution in [2.24, 2.45) is 0 Å². The van der Waals surface area contributed by atoms with Crippen LogP contribution in [0.2, 0.25) is 0 Å². The number of nitrogens with zero attached hydrogens (tertiary/aromatic N) is 2. The monoisotopic (exact) mass is 346 g/mol. The fraction of sp³-hybridized carbons (Fsp3) is 0.294. The molecule has 0 amide bonds. The molecular weight excluding hydrogens is 328 g/mol. The van der Waals surface area contributed by atoms with Crippen molar-refractivity contribution >= 4 is 21.4 Å². The first-order valence-corrected chi connectivity index (χ1v) is 9.12. The number of aryl methyl sites for hydroxylation is 3. The van der Waals surface area contributed by atoms with Gasteiger partial charge in [-0.25, -0.2) is 8.42 Å². The van der Waals surface area contributed by atoms with Crippen molar-refractivity contribution in [3.8, 4) is 0 Å². The third-order valence-corrected chi connectivity index (χ3v) is 6.23. The van der Waals surface area contributed by atoms with Gasteiger partial charge in [-0.1, -0.05) is 23.8 Å². The molecule has 126 valence electrons. The second-order valence-electron chi connectivity index (χ2n) is 6.02. The third kappa shape index (κ3) is 2.75. The van der Waals surface area contributed by atoms with Gasteiger partial charge in [0.15, 0.2) is 0 Å². The quantitative estimate of drug-likeness (QED) is 0.630. The molecule has 0 bridgehead atoms. The molecule has 0 radical (unpaired) electrons. The second-order valence-corrected chi connectivity index (χ2v) is 7.85. The van der Waals surface area contributed by atoms with Gasteiger partial charge in [0.2, 0.25) is 0 Å². The lowest BCUT2D eigenvalue weighted by Gasteiger charge is -2.30. The summed E-state index contributed by atoms with van der Waals surface area (Å²) in [6, 6.07) is 9.62. The van der Waals surface area contributed by atoms with Crippen LogP contribution in [0.1, 0.15) is 23.1 Å². The zero-order chi connectivity index (χ0) is 17.5. The molecule has 0 aliphatic carbocycles. The number of non-ortho nitro benzene ring substituents is 1. The van der Waals surface area contributed by atoms with Crippen LogP contribution < -0.4 is 4.31 Å². The Morgan fingerprint density at radius 3 is 2.54 bits per heavy atom. The number of sulfonamides is 1. The standard InChI is InChI=1S/C17H18N2O4S/c1-12-5-8-17(13(2)10-12)24(22,23)18-9-3-4-14-6-7-15(19(20)21)11-16(14)18/h5-8,10-11H,3-4,9H2,1-2H3. The predicted octanol–water partition coefficient (Wildman–Crippen LogP) is 3.35. The maximum Gasteiger partial charge on any atom is 0.271 e. The Kier molecular flexibility index (Phi) is 4.04. The van der Waals surface area contributed by atoms with E-state index in [-0.39, 0.29) is 10.6 Å². The van der Waals surface area contributed by atoms with Crippen LogP contribution in [0, 0.1) is 24.0 Å². The SMILES string of the molecule is Cc1ccc(S(=O)(=O)N2CCCc3ccc([N+](=O)[O-])cc32)c(C)c1. The second kappa shape index (κ2) is 5.90. The summed E-state index contributed by atoms with van der Waals surface area (Å²) in [5.41, 5.74) is 2.79. The minimum Gasteiger partial charge on any atom is -0.266 e. The Morgan fingerprint density at radius 2 is 1.88 bits per heavy atom. The summed E-state index contributed by atoms with van der Waals surface area (Å²) in [5, 5.41) is 11.0. The first kappa shape index (κ1) is 16.4. The van der Waals surface area contributed by atoms with Crippen LogP contribution in [-0.4, -0.2) is 19.9 Å². The van der Waals surface area contributed by atoms with Crippen molar-refractivity contribution in [1.82, 2.24) is 0 Å². The summed E-state index contributed by atoms with van der Waals surface area (Å²) in [4.78, 5) is 10.8.